The van der Waals surface area contributed by atoms with E-state index in [9.17, 15) is 9.59 Å². The molecule has 1 aromatic carbocycles. The number of aliphatic imine (C=N–C) groups is 1. The molecular formula is C19H25N3O3. The Kier molecular flexibility index (Phi) is 6.33. The van der Waals surface area contributed by atoms with Crippen LogP contribution in [0.5, 0.6) is 0 Å². The van der Waals surface area contributed by atoms with Crippen LogP contribution in [0, 0.1) is 5.92 Å². The van der Waals surface area contributed by atoms with E-state index in [0.717, 1.165) is 24.3 Å². The SMILES string of the molecule is C=CCOC(=O)C1C(C)=NC(=O)NC1c1ccc(N(CC)CC)cc1. The predicted octanol–water partition coefficient (Wildman–Crippen LogP) is 3.10. The van der Waals surface area contributed by atoms with Crippen LogP contribution < -0.4 is 10.2 Å². The number of rotatable bonds is 7. The summed E-state index contributed by atoms with van der Waals surface area (Å²) in [4.78, 5) is 30.3. The van der Waals surface area contributed by atoms with E-state index in [1.165, 1.54) is 6.08 Å². The van der Waals surface area contributed by atoms with Crippen LogP contribution in [0.25, 0.3) is 0 Å². The number of carbonyl (C=O) groups is 2. The molecular weight excluding hydrogens is 318 g/mol. The van der Waals surface area contributed by atoms with Gasteiger partial charge in [-0.25, -0.2) is 9.79 Å². The molecule has 0 aliphatic carbocycles. The molecule has 6 nitrogen and oxygen atoms in total. The molecule has 134 valence electrons. The second-order valence-electron chi connectivity index (χ2n) is 5.84. The van der Waals surface area contributed by atoms with Gasteiger partial charge < -0.3 is 15.0 Å². The third-order valence-electron chi connectivity index (χ3n) is 4.32. The average Bonchev–Trinajstić information content (AvgIpc) is 2.60. The zero-order valence-electron chi connectivity index (χ0n) is 15.0. The van der Waals surface area contributed by atoms with Crippen molar-refractivity contribution in [2.24, 2.45) is 10.9 Å². The quantitative estimate of drug-likeness (QED) is 0.610. The highest BCUT2D eigenvalue weighted by Crippen LogP contribution is 2.29. The first-order valence-corrected chi connectivity index (χ1v) is 8.49. The third kappa shape index (κ3) is 4.26. The van der Waals surface area contributed by atoms with Crippen molar-refractivity contribution in [3.05, 3.63) is 42.5 Å². The summed E-state index contributed by atoms with van der Waals surface area (Å²) in [6.07, 6.45) is 1.51. The fourth-order valence-corrected chi connectivity index (χ4v) is 3.01. The molecule has 1 aliphatic heterocycles. The largest absolute Gasteiger partial charge is 0.461 e. The van der Waals surface area contributed by atoms with Crippen LogP contribution in [0.4, 0.5) is 10.5 Å². The van der Waals surface area contributed by atoms with Gasteiger partial charge in [0.05, 0.1) is 6.04 Å². The molecule has 0 aromatic heterocycles. The molecule has 1 N–H and O–H groups in total. The zero-order chi connectivity index (χ0) is 18.4. The number of esters is 1. The highest BCUT2D eigenvalue weighted by atomic mass is 16.5. The molecule has 1 aromatic rings. The minimum absolute atomic E-state index is 0.129. The molecule has 2 rings (SSSR count). The summed E-state index contributed by atoms with van der Waals surface area (Å²) in [5, 5.41) is 2.78. The van der Waals surface area contributed by atoms with Gasteiger partial charge in [-0.1, -0.05) is 24.8 Å². The lowest BCUT2D eigenvalue weighted by Gasteiger charge is -2.30. The van der Waals surface area contributed by atoms with Gasteiger partial charge in [-0.15, -0.1) is 0 Å². The van der Waals surface area contributed by atoms with Gasteiger partial charge in [0.1, 0.15) is 12.5 Å². The van der Waals surface area contributed by atoms with E-state index in [1.54, 1.807) is 6.92 Å². The van der Waals surface area contributed by atoms with E-state index in [1.807, 2.05) is 24.3 Å². The first-order chi connectivity index (χ1) is 12.0. The third-order valence-corrected chi connectivity index (χ3v) is 4.32. The molecule has 25 heavy (non-hydrogen) atoms. The van der Waals surface area contributed by atoms with Gasteiger partial charge >= 0.3 is 12.0 Å². The molecule has 2 amide bonds. The summed E-state index contributed by atoms with van der Waals surface area (Å²) in [5.41, 5.74) is 2.40. The van der Waals surface area contributed by atoms with Crippen molar-refractivity contribution in [3.8, 4) is 0 Å². The first kappa shape index (κ1) is 18.7. The number of hydrogen-bond donors (Lipinski definition) is 1. The highest BCUT2D eigenvalue weighted by molar-refractivity contribution is 6.08. The van der Waals surface area contributed by atoms with Gasteiger partial charge in [-0.3, -0.25) is 4.79 Å². The standard InChI is InChI=1S/C19H25N3O3/c1-5-12-25-18(23)16-13(4)20-19(24)21-17(16)14-8-10-15(11-9-14)22(6-2)7-3/h5,8-11,16-17H,1,6-7,12H2,2-4H3,(H,21,24). The van der Waals surface area contributed by atoms with Crippen LogP contribution in [-0.2, 0) is 9.53 Å². The number of ether oxygens (including phenoxy) is 1. The lowest BCUT2D eigenvalue weighted by atomic mass is 9.88. The smallest absolute Gasteiger partial charge is 0.341 e. The van der Waals surface area contributed by atoms with Crippen molar-refractivity contribution in [3.63, 3.8) is 0 Å². The highest BCUT2D eigenvalue weighted by Gasteiger charge is 2.37. The fraction of sp³-hybridized carbons (Fsp3) is 0.421. The molecule has 0 saturated heterocycles. The van der Waals surface area contributed by atoms with Crippen molar-refractivity contribution in [1.29, 1.82) is 0 Å². The Balaban J connectivity index is 2.30. The zero-order valence-corrected chi connectivity index (χ0v) is 15.0. The van der Waals surface area contributed by atoms with Crippen LogP contribution in [-0.4, -0.2) is 37.4 Å². The number of hydrogen-bond acceptors (Lipinski definition) is 4. The number of nitrogens with one attached hydrogen (secondary N) is 1. The second kappa shape index (κ2) is 8.46. The lowest BCUT2D eigenvalue weighted by Crippen LogP contribution is -2.44. The number of benzene rings is 1. The maximum Gasteiger partial charge on any atom is 0.341 e. The first-order valence-electron chi connectivity index (χ1n) is 8.49. The van der Waals surface area contributed by atoms with Crippen LogP contribution in [0.2, 0.25) is 0 Å². The number of carbonyl (C=O) groups excluding carboxylic acids is 2. The molecule has 0 spiro atoms. The molecule has 0 saturated carbocycles. The Morgan fingerprint density at radius 2 is 1.96 bits per heavy atom. The predicted molar refractivity (Wildman–Crippen MR) is 99.0 cm³/mol. The van der Waals surface area contributed by atoms with Crippen molar-refractivity contribution >= 4 is 23.4 Å². The van der Waals surface area contributed by atoms with Gasteiger partial charge in [0, 0.05) is 24.5 Å². The van der Waals surface area contributed by atoms with E-state index in [-0.39, 0.29) is 6.61 Å². The Bertz CT molecular complexity index is 663. The Hall–Kier alpha value is -2.63. The summed E-state index contributed by atoms with van der Waals surface area (Å²) in [6.45, 7) is 11.4. The maximum atomic E-state index is 12.4. The molecule has 6 heteroatoms. The van der Waals surface area contributed by atoms with E-state index in [2.05, 4.69) is 35.6 Å². The van der Waals surface area contributed by atoms with Gasteiger partial charge in [0.2, 0.25) is 0 Å². The molecule has 0 fully saturated rings. The molecule has 2 atom stereocenters. The van der Waals surface area contributed by atoms with Gasteiger partial charge in [-0.2, -0.15) is 0 Å². The molecule has 1 heterocycles. The van der Waals surface area contributed by atoms with E-state index in [0.29, 0.717) is 5.71 Å². The van der Waals surface area contributed by atoms with Crippen LogP contribution in [0.15, 0.2) is 41.9 Å². The molecule has 2 unspecified atom stereocenters. The minimum atomic E-state index is -0.642. The van der Waals surface area contributed by atoms with Gasteiger partial charge in [-0.05, 0) is 38.5 Å². The molecule has 1 aliphatic rings. The Morgan fingerprint density at radius 1 is 1.32 bits per heavy atom. The normalized spacial score (nSPS) is 19.6. The summed E-state index contributed by atoms with van der Waals surface area (Å²) >= 11 is 0. The van der Waals surface area contributed by atoms with Crippen molar-refractivity contribution in [2.45, 2.75) is 26.8 Å². The van der Waals surface area contributed by atoms with Crippen molar-refractivity contribution in [2.75, 3.05) is 24.6 Å². The number of amides is 2. The Labute approximate surface area is 148 Å². The lowest BCUT2D eigenvalue weighted by molar-refractivity contribution is -0.145. The van der Waals surface area contributed by atoms with Crippen LogP contribution in [0.3, 0.4) is 0 Å². The average molecular weight is 343 g/mol. The second-order valence-corrected chi connectivity index (χ2v) is 5.84. The summed E-state index contributed by atoms with van der Waals surface area (Å²) in [7, 11) is 0. The summed E-state index contributed by atoms with van der Waals surface area (Å²) in [5.74, 6) is -1.06. The van der Waals surface area contributed by atoms with Gasteiger partial charge in [0.25, 0.3) is 0 Å². The van der Waals surface area contributed by atoms with Crippen LogP contribution >= 0.6 is 0 Å². The number of nitrogens with zero attached hydrogens (tertiary/aromatic N) is 2. The minimum Gasteiger partial charge on any atom is -0.461 e. The van der Waals surface area contributed by atoms with E-state index < -0.39 is 24.0 Å². The van der Waals surface area contributed by atoms with Crippen molar-refractivity contribution < 1.29 is 14.3 Å². The number of anilines is 1. The summed E-state index contributed by atoms with van der Waals surface area (Å²) in [6, 6.07) is 6.94. The number of urea groups is 1. The van der Waals surface area contributed by atoms with Gasteiger partial charge in [0.15, 0.2) is 0 Å². The fourth-order valence-electron chi connectivity index (χ4n) is 3.01. The molecule has 0 radical (unpaired) electrons. The van der Waals surface area contributed by atoms with Crippen LogP contribution in [0.1, 0.15) is 32.4 Å². The molecule has 0 bridgehead atoms. The topological polar surface area (TPSA) is 71.0 Å². The Morgan fingerprint density at radius 3 is 2.52 bits per heavy atom. The summed E-state index contributed by atoms with van der Waals surface area (Å²) < 4.78 is 5.19. The van der Waals surface area contributed by atoms with E-state index >= 15 is 0 Å². The van der Waals surface area contributed by atoms with Crippen molar-refractivity contribution in [1.82, 2.24) is 5.32 Å². The van der Waals surface area contributed by atoms with E-state index in [4.69, 9.17) is 4.74 Å². The maximum absolute atomic E-state index is 12.4. The monoisotopic (exact) mass is 343 g/mol.